The van der Waals surface area contributed by atoms with Crippen molar-refractivity contribution in [1.29, 1.82) is 0 Å². The van der Waals surface area contributed by atoms with Crippen LogP contribution in [0.3, 0.4) is 0 Å². The summed E-state index contributed by atoms with van der Waals surface area (Å²) in [6.45, 7) is 0. The molecule has 0 N–H and O–H groups in total. The first-order valence-electron chi connectivity index (χ1n) is 15.8. The molecular weight excluding hydrogens is 593 g/mol. The minimum absolute atomic E-state index is 0.313. The van der Waals surface area contributed by atoms with Gasteiger partial charge < -0.3 is 4.42 Å². The molecule has 2 heterocycles. The van der Waals surface area contributed by atoms with Crippen molar-refractivity contribution in [2.24, 2.45) is 0 Å². The van der Waals surface area contributed by atoms with Gasteiger partial charge in [0.1, 0.15) is 17.0 Å². The molecule has 2 aromatic heterocycles. The van der Waals surface area contributed by atoms with Gasteiger partial charge in [0.05, 0.1) is 0 Å². The maximum atomic E-state index is 13.8. The highest BCUT2D eigenvalue weighted by Gasteiger charge is 2.14. The highest BCUT2D eigenvalue weighted by atomic mass is 19.1. The predicted octanol–water partition coefficient (Wildman–Crippen LogP) is 11.4. The van der Waals surface area contributed by atoms with Crippen LogP contribution in [0, 0.1) is 5.82 Å². The zero-order valence-corrected chi connectivity index (χ0v) is 25.6. The molecule has 0 saturated heterocycles. The molecule has 7 aromatic carbocycles. The average molecular weight is 620 g/mol. The molecule has 0 fully saturated rings. The SMILES string of the molecule is Fc1ccc2c(c1)oc1ccc(-c3ccc(-c4nc(-c5ccccc5)nc(-c5ccc(-c6cccc7ccccc67)cc5)n4)cc3)cc12. The van der Waals surface area contributed by atoms with Crippen LogP contribution in [0.15, 0.2) is 162 Å². The van der Waals surface area contributed by atoms with E-state index in [1.54, 1.807) is 6.07 Å². The second kappa shape index (κ2) is 11.4. The van der Waals surface area contributed by atoms with Crippen molar-refractivity contribution in [1.82, 2.24) is 15.0 Å². The van der Waals surface area contributed by atoms with Crippen LogP contribution in [0.2, 0.25) is 0 Å². The Labute approximate surface area is 275 Å². The summed E-state index contributed by atoms with van der Waals surface area (Å²) in [5.41, 5.74) is 8.40. The first-order chi connectivity index (χ1) is 23.7. The van der Waals surface area contributed by atoms with E-state index in [1.165, 1.54) is 28.5 Å². The Kier molecular flexibility index (Phi) is 6.61. The number of benzene rings is 7. The lowest BCUT2D eigenvalue weighted by molar-refractivity contribution is 0.618. The number of aromatic nitrogens is 3. The van der Waals surface area contributed by atoms with Crippen LogP contribution < -0.4 is 0 Å². The molecule has 0 atom stereocenters. The van der Waals surface area contributed by atoms with Crippen molar-refractivity contribution >= 4 is 32.7 Å². The van der Waals surface area contributed by atoms with Gasteiger partial charge in [0.15, 0.2) is 17.5 Å². The summed E-state index contributed by atoms with van der Waals surface area (Å²) in [7, 11) is 0. The highest BCUT2D eigenvalue weighted by Crippen LogP contribution is 2.34. The Bertz CT molecular complexity index is 2610. The zero-order chi connectivity index (χ0) is 32.0. The van der Waals surface area contributed by atoms with Gasteiger partial charge in [-0.3, -0.25) is 0 Å². The normalized spacial score (nSPS) is 11.4. The van der Waals surface area contributed by atoms with Gasteiger partial charge in [-0.15, -0.1) is 0 Å². The van der Waals surface area contributed by atoms with E-state index < -0.39 is 0 Å². The van der Waals surface area contributed by atoms with E-state index in [2.05, 4.69) is 84.9 Å². The Morgan fingerprint density at radius 2 is 0.958 bits per heavy atom. The Morgan fingerprint density at radius 3 is 1.69 bits per heavy atom. The largest absolute Gasteiger partial charge is 0.456 e. The molecule has 0 spiro atoms. The monoisotopic (exact) mass is 619 g/mol. The first-order valence-corrected chi connectivity index (χ1v) is 15.8. The van der Waals surface area contributed by atoms with Crippen LogP contribution in [0.25, 0.3) is 89.1 Å². The number of hydrogen-bond acceptors (Lipinski definition) is 4. The molecule has 0 amide bonds. The fourth-order valence-electron chi connectivity index (χ4n) is 6.37. The average Bonchev–Trinajstić information content (AvgIpc) is 3.52. The van der Waals surface area contributed by atoms with Crippen molar-refractivity contribution in [3.05, 3.63) is 164 Å². The minimum Gasteiger partial charge on any atom is -0.456 e. The number of nitrogens with zero attached hydrogens (tertiary/aromatic N) is 3. The Morgan fingerprint density at radius 1 is 0.375 bits per heavy atom. The molecule has 5 heteroatoms. The van der Waals surface area contributed by atoms with Crippen LogP contribution in [0.5, 0.6) is 0 Å². The van der Waals surface area contributed by atoms with E-state index in [9.17, 15) is 4.39 Å². The van der Waals surface area contributed by atoms with Gasteiger partial charge in [-0.2, -0.15) is 0 Å². The third-order valence-electron chi connectivity index (χ3n) is 8.82. The lowest BCUT2D eigenvalue weighted by Crippen LogP contribution is -2.00. The molecule has 48 heavy (non-hydrogen) atoms. The first kappa shape index (κ1) is 27.8. The van der Waals surface area contributed by atoms with Crippen LogP contribution in [0.1, 0.15) is 0 Å². The number of rotatable bonds is 5. The van der Waals surface area contributed by atoms with Crippen molar-refractivity contribution in [3.63, 3.8) is 0 Å². The summed E-state index contributed by atoms with van der Waals surface area (Å²) < 4.78 is 19.7. The van der Waals surface area contributed by atoms with Gasteiger partial charge in [0.2, 0.25) is 0 Å². The summed E-state index contributed by atoms with van der Waals surface area (Å²) in [4.78, 5) is 14.8. The van der Waals surface area contributed by atoms with E-state index in [0.717, 1.165) is 49.7 Å². The smallest absolute Gasteiger partial charge is 0.164 e. The zero-order valence-electron chi connectivity index (χ0n) is 25.6. The third kappa shape index (κ3) is 4.99. The molecule has 0 saturated carbocycles. The minimum atomic E-state index is -0.313. The maximum Gasteiger partial charge on any atom is 0.164 e. The summed E-state index contributed by atoms with van der Waals surface area (Å²) in [5.74, 6) is 1.52. The molecule has 9 rings (SSSR count). The Hall–Kier alpha value is -6.46. The number of halogens is 1. The molecule has 0 bridgehead atoms. The van der Waals surface area contributed by atoms with Gasteiger partial charge in [-0.05, 0) is 57.3 Å². The van der Waals surface area contributed by atoms with Gasteiger partial charge >= 0.3 is 0 Å². The van der Waals surface area contributed by atoms with Gasteiger partial charge in [0.25, 0.3) is 0 Å². The van der Waals surface area contributed by atoms with Gasteiger partial charge in [-0.25, -0.2) is 19.3 Å². The molecule has 0 aliphatic rings. The van der Waals surface area contributed by atoms with Crippen molar-refractivity contribution in [3.8, 4) is 56.4 Å². The topological polar surface area (TPSA) is 51.8 Å². The van der Waals surface area contributed by atoms with E-state index in [0.29, 0.717) is 23.1 Å². The molecule has 0 unspecified atom stereocenters. The number of fused-ring (bicyclic) bond motifs is 4. The summed E-state index contributed by atoms with van der Waals surface area (Å²) in [5, 5.41) is 4.28. The molecule has 226 valence electrons. The van der Waals surface area contributed by atoms with Crippen LogP contribution >= 0.6 is 0 Å². The lowest BCUT2D eigenvalue weighted by atomic mass is 9.97. The van der Waals surface area contributed by atoms with E-state index in [-0.39, 0.29) is 5.82 Å². The maximum absolute atomic E-state index is 13.8. The van der Waals surface area contributed by atoms with E-state index in [1.807, 2.05) is 54.6 Å². The third-order valence-corrected chi connectivity index (χ3v) is 8.82. The molecule has 9 aromatic rings. The van der Waals surface area contributed by atoms with Crippen LogP contribution in [0.4, 0.5) is 4.39 Å². The number of furan rings is 1. The van der Waals surface area contributed by atoms with Crippen molar-refractivity contribution < 1.29 is 8.81 Å². The summed E-state index contributed by atoms with van der Waals surface area (Å²) in [6.07, 6.45) is 0. The highest BCUT2D eigenvalue weighted by molar-refractivity contribution is 6.06. The second-order valence-corrected chi connectivity index (χ2v) is 11.8. The molecular formula is C43H26FN3O. The molecule has 0 radical (unpaired) electrons. The van der Waals surface area contributed by atoms with Crippen LogP contribution in [-0.4, -0.2) is 15.0 Å². The van der Waals surface area contributed by atoms with Gasteiger partial charge in [-0.1, -0.05) is 127 Å². The Balaban J connectivity index is 1.09. The summed E-state index contributed by atoms with van der Waals surface area (Å²) >= 11 is 0. The molecule has 0 aliphatic carbocycles. The predicted molar refractivity (Wildman–Crippen MR) is 192 cm³/mol. The quantitative estimate of drug-likeness (QED) is 0.192. The van der Waals surface area contributed by atoms with Crippen molar-refractivity contribution in [2.45, 2.75) is 0 Å². The summed E-state index contributed by atoms with van der Waals surface area (Å²) in [6, 6.07) is 52.2. The van der Waals surface area contributed by atoms with Crippen molar-refractivity contribution in [2.75, 3.05) is 0 Å². The number of hydrogen-bond donors (Lipinski definition) is 0. The van der Waals surface area contributed by atoms with E-state index >= 15 is 0 Å². The molecule has 4 nitrogen and oxygen atoms in total. The fraction of sp³-hybridized carbons (Fsp3) is 0. The van der Waals surface area contributed by atoms with Crippen LogP contribution in [-0.2, 0) is 0 Å². The van der Waals surface area contributed by atoms with Gasteiger partial charge in [0, 0.05) is 33.5 Å². The molecule has 0 aliphatic heterocycles. The van der Waals surface area contributed by atoms with E-state index in [4.69, 9.17) is 19.4 Å². The second-order valence-electron chi connectivity index (χ2n) is 11.8. The standard InChI is InChI=1S/C43H26FN3O/c44-34-22-23-37-38-25-33(21-24-39(38)48-40(37)26-34)27-13-17-31(18-14-27)42-45-41(30-8-2-1-3-9-30)46-43(47-42)32-19-15-29(16-20-32)36-12-6-10-28-7-4-5-11-35(28)36/h1-26H. The lowest BCUT2D eigenvalue weighted by Gasteiger charge is -2.10. The fourth-order valence-corrected chi connectivity index (χ4v) is 6.37.